The fraction of sp³-hybridized carbons (Fsp3) is 0.312. The number of likely N-dealkylation sites (N-methyl/N-ethyl adjacent to an activating group) is 1. The van der Waals surface area contributed by atoms with Crippen molar-refractivity contribution in [3.05, 3.63) is 36.1 Å². The van der Waals surface area contributed by atoms with Gasteiger partial charge >= 0.3 is 6.03 Å². The maximum atomic E-state index is 12.3. The van der Waals surface area contributed by atoms with Gasteiger partial charge in [0.25, 0.3) is 5.91 Å². The third-order valence-corrected chi connectivity index (χ3v) is 4.06. The molecule has 2 heterocycles. The molecule has 7 nitrogen and oxygen atoms in total. The summed E-state index contributed by atoms with van der Waals surface area (Å²) in [6, 6.07) is 8.64. The molecule has 23 heavy (non-hydrogen) atoms. The van der Waals surface area contributed by atoms with Gasteiger partial charge in [0.2, 0.25) is 5.91 Å². The minimum atomic E-state index is -0.534. The van der Waals surface area contributed by atoms with Gasteiger partial charge in [0.15, 0.2) is 0 Å². The lowest BCUT2D eigenvalue weighted by molar-refractivity contribution is -0.137. The molecule has 120 valence electrons. The zero-order valence-electron chi connectivity index (χ0n) is 12.9. The highest BCUT2D eigenvalue weighted by molar-refractivity contribution is 6.04. The Labute approximate surface area is 132 Å². The molecular weight excluding hydrogens is 298 g/mol. The molecule has 1 aromatic heterocycles. The smallest absolute Gasteiger partial charge is 0.325 e. The zero-order valence-corrected chi connectivity index (χ0v) is 12.9. The topological polar surface area (TPSA) is 82.9 Å². The lowest BCUT2D eigenvalue weighted by Gasteiger charge is -2.25. The predicted octanol–water partition coefficient (Wildman–Crippen LogP) is 1.50. The largest absolute Gasteiger partial charge is 0.459 e. The second-order valence-corrected chi connectivity index (χ2v) is 5.51. The first-order valence-corrected chi connectivity index (χ1v) is 7.29. The monoisotopic (exact) mass is 315 g/mol. The summed E-state index contributed by atoms with van der Waals surface area (Å²) in [6.07, 6.45) is 0. The third kappa shape index (κ3) is 2.77. The van der Waals surface area contributed by atoms with Crippen molar-refractivity contribution >= 4 is 28.8 Å². The molecule has 1 aliphatic heterocycles. The molecule has 3 rings (SSSR count). The van der Waals surface area contributed by atoms with E-state index in [2.05, 4.69) is 5.32 Å². The molecule has 0 radical (unpaired) electrons. The van der Waals surface area contributed by atoms with Crippen LogP contribution in [0.1, 0.15) is 18.7 Å². The molecule has 4 amide bonds. The van der Waals surface area contributed by atoms with Crippen LogP contribution in [-0.4, -0.2) is 47.8 Å². The van der Waals surface area contributed by atoms with Crippen LogP contribution in [0, 0.1) is 0 Å². The molecule has 1 atom stereocenters. The summed E-state index contributed by atoms with van der Waals surface area (Å²) in [5.74, 6) is -0.0734. The number of carbonyl (C=O) groups is 3. The van der Waals surface area contributed by atoms with Crippen molar-refractivity contribution in [1.82, 2.24) is 15.1 Å². The number of amides is 4. The highest BCUT2D eigenvalue weighted by Crippen LogP contribution is 2.26. The van der Waals surface area contributed by atoms with E-state index in [0.29, 0.717) is 5.76 Å². The first-order valence-electron chi connectivity index (χ1n) is 7.29. The summed E-state index contributed by atoms with van der Waals surface area (Å²) >= 11 is 0. The molecule has 1 fully saturated rings. The van der Waals surface area contributed by atoms with Crippen molar-refractivity contribution in [3.63, 3.8) is 0 Å². The van der Waals surface area contributed by atoms with Crippen LogP contribution in [0.4, 0.5) is 4.79 Å². The van der Waals surface area contributed by atoms with E-state index in [1.807, 2.05) is 37.3 Å². The molecule has 0 aliphatic carbocycles. The molecule has 1 aromatic carbocycles. The number of nitrogens with one attached hydrogen (secondary N) is 1. The minimum absolute atomic E-state index is 0.0606. The fourth-order valence-electron chi connectivity index (χ4n) is 2.48. The number of benzene rings is 1. The molecule has 0 saturated carbocycles. The lowest BCUT2D eigenvalue weighted by atomic mass is 10.2. The van der Waals surface area contributed by atoms with Crippen LogP contribution < -0.4 is 5.32 Å². The van der Waals surface area contributed by atoms with Gasteiger partial charge in [0.1, 0.15) is 17.9 Å². The summed E-state index contributed by atoms with van der Waals surface area (Å²) in [5.41, 5.74) is 0.754. The summed E-state index contributed by atoms with van der Waals surface area (Å²) in [7, 11) is 1.62. The third-order valence-electron chi connectivity index (χ3n) is 4.06. The molecule has 0 spiro atoms. The second-order valence-electron chi connectivity index (χ2n) is 5.51. The SMILES string of the molecule is CC(c1cc2ccccc2o1)N(C)C(=O)CN1C(=O)CNC1=O. The van der Waals surface area contributed by atoms with Gasteiger partial charge in [-0.3, -0.25) is 14.5 Å². The second kappa shape index (κ2) is 5.75. The molecule has 2 aromatic rings. The molecule has 0 bridgehead atoms. The standard InChI is InChI=1S/C16H17N3O4/c1-10(13-7-11-5-3-4-6-12(11)23-13)18(2)15(21)9-19-14(20)8-17-16(19)22/h3-7,10H,8-9H2,1-2H3,(H,17,22). The van der Waals surface area contributed by atoms with E-state index in [9.17, 15) is 14.4 Å². The van der Waals surface area contributed by atoms with Crippen molar-refractivity contribution in [1.29, 1.82) is 0 Å². The minimum Gasteiger partial charge on any atom is -0.459 e. The Balaban J connectivity index is 1.73. The summed E-state index contributed by atoms with van der Waals surface area (Å²) in [6.45, 7) is 1.50. The summed E-state index contributed by atoms with van der Waals surface area (Å²) in [5, 5.41) is 3.35. The molecule has 1 unspecified atom stereocenters. The van der Waals surface area contributed by atoms with E-state index in [0.717, 1.165) is 15.9 Å². The molecule has 1 saturated heterocycles. The number of para-hydroxylation sites is 1. The Hall–Kier alpha value is -2.83. The number of hydrogen-bond acceptors (Lipinski definition) is 4. The quantitative estimate of drug-likeness (QED) is 0.867. The van der Waals surface area contributed by atoms with Gasteiger partial charge in [-0.15, -0.1) is 0 Å². The van der Waals surface area contributed by atoms with Gasteiger partial charge in [-0.25, -0.2) is 4.79 Å². The maximum Gasteiger partial charge on any atom is 0.325 e. The molecule has 1 aliphatic rings. The Morgan fingerprint density at radius 2 is 2.13 bits per heavy atom. The predicted molar refractivity (Wildman–Crippen MR) is 82.5 cm³/mol. The number of imide groups is 1. The lowest BCUT2D eigenvalue weighted by Crippen LogP contribution is -2.42. The zero-order chi connectivity index (χ0) is 16.6. The number of rotatable bonds is 4. The molecule has 1 N–H and O–H groups in total. The van der Waals surface area contributed by atoms with Crippen molar-refractivity contribution in [2.45, 2.75) is 13.0 Å². The number of carbonyl (C=O) groups excluding carboxylic acids is 3. The van der Waals surface area contributed by atoms with E-state index < -0.39 is 11.9 Å². The summed E-state index contributed by atoms with van der Waals surface area (Å²) in [4.78, 5) is 37.8. The maximum absolute atomic E-state index is 12.3. The number of urea groups is 1. The molecular formula is C16H17N3O4. The van der Waals surface area contributed by atoms with Crippen LogP contribution in [0.3, 0.4) is 0 Å². The van der Waals surface area contributed by atoms with E-state index in [1.54, 1.807) is 7.05 Å². The normalized spacial score (nSPS) is 15.8. The van der Waals surface area contributed by atoms with Crippen LogP contribution in [0.5, 0.6) is 0 Å². The highest BCUT2D eigenvalue weighted by atomic mass is 16.3. The van der Waals surface area contributed by atoms with Gasteiger partial charge in [-0.05, 0) is 19.1 Å². The van der Waals surface area contributed by atoms with Crippen LogP contribution in [-0.2, 0) is 9.59 Å². The van der Waals surface area contributed by atoms with Crippen molar-refractivity contribution in [3.8, 4) is 0 Å². The van der Waals surface area contributed by atoms with Gasteiger partial charge in [-0.1, -0.05) is 18.2 Å². The molecule has 7 heteroatoms. The first kappa shape index (κ1) is 15.1. The Morgan fingerprint density at radius 3 is 2.78 bits per heavy atom. The van der Waals surface area contributed by atoms with E-state index in [4.69, 9.17) is 4.42 Å². The van der Waals surface area contributed by atoms with Gasteiger partial charge in [0, 0.05) is 12.4 Å². The Kier molecular flexibility index (Phi) is 3.77. The average Bonchev–Trinajstić information content (AvgIpc) is 3.11. The number of furan rings is 1. The number of nitrogens with zero attached hydrogens (tertiary/aromatic N) is 2. The van der Waals surface area contributed by atoms with Crippen LogP contribution in [0.25, 0.3) is 11.0 Å². The Morgan fingerprint density at radius 1 is 1.39 bits per heavy atom. The highest BCUT2D eigenvalue weighted by Gasteiger charge is 2.32. The van der Waals surface area contributed by atoms with Gasteiger partial charge in [0.05, 0.1) is 12.6 Å². The number of fused-ring (bicyclic) bond motifs is 1. The first-order chi connectivity index (χ1) is 11.0. The Bertz CT molecular complexity index is 733. The average molecular weight is 315 g/mol. The van der Waals surface area contributed by atoms with Gasteiger partial charge < -0.3 is 14.6 Å². The van der Waals surface area contributed by atoms with Crippen LogP contribution in [0.2, 0.25) is 0 Å². The number of hydrogen-bond donors (Lipinski definition) is 1. The fourth-order valence-corrected chi connectivity index (χ4v) is 2.48. The van der Waals surface area contributed by atoms with Crippen molar-refractivity contribution < 1.29 is 18.8 Å². The van der Waals surface area contributed by atoms with Crippen LogP contribution >= 0.6 is 0 Å². The van der Waals surface area contributed by atoms with E-state index >= 15 is 0 Å². The van der Waals surface area contributed by atoms with Crippen molar-refractivity contribution in [2.75, 3.05) is 20.1 Å². The van der Waals surface area contributed by atoms with Gasteiger partial charge in [-0.2, -0.15) is 0 Å². The van der Waals surface area contributed by atoms with E-state index in [-0.39, 0.29) is 25.0 Å². The van der Waals surface area contributed by atoms with Crippen molar-refractivity contribution in [2.24, 2.45) is 0 Å². The summed E-state index contributed by atoms with van der Waals surface area (Å²) < 4.78 is 5.76. The van der Waals surface area contributed by atoms with E-state index in [1.165, 1.54) is 4.90 Å². The van der Waals surface area contributed by atoms with Crippen LogP contribution in [0.15, 0.2) is 34.7 Å².